The predicted molar refractivity (Wildman–Crippen MR) is 75.4 cm³/mol. The number of anilines is 1. The number of nitrogen functional groups attached to an aromatic ring is 1. The fraction of sp³-hybridized carbons (Fsp3) is 0. The molecule has 0 saturated heterocycles. The third kappa shape index (κ3) is 2.18. The lowest BCUT2D eigenvalue weighted by atomic mass is 10.0. The van der Waals surface area contributed by atoms with Gasteiger partial charge in [-0.1, -0.05) is 11.6 Å². The lowest BCUT2D eigenvalue weighted by molar-refractivity contribution is 0.103. The van der Waals surface area contributed by atoms with Gasteiger partial charge in [-0.05, 0) is 42.5 Å². The average Bonchev–Trinajstić information content (AvgIpc) is 2.77. The van der Waals surface area contributed by atoms with E-state index in [0.29, 0.717) is 27.6 Å². The Balaban J connectivity index is 2.03. The normalized spacial score (nSPS) is 10.8. The van der Waals surface area contributed by atoms with Gasteiger partial charge in [0.1, 0.15) is 0 Å². The van der Waals surface area contributed by atoms with Crippen LogP contribution in [0.25, 0.3) is 11.0 Å². The van der Waals surface area contributed by atoms with Crippen LogP contribution in [0.4, 0.5) is 5.95 Å². The zero-order chi connectivity index (χ0) is 13.4. The number of ketones is 1. The smallest absolute Gasteiger partial charge is 0.198 e. The molecule has 0 spiro atoms. The zero-order valence-electron chi connectivity index (χ0n) is 9.85. The van der Waals surface area contributed by atoms with Crippen molar-refractivity contribution in [2.75, 3.05) is 5.73 Å². The summed E-state index contributed by atoms with van der Waals surface area (Å²) in [6, 6.07) is 12.1. The highest BCUT2D eigenvalue weighted by atomic mass is 35.5. The van der Waals surface area contributed by atoms with Crippen molar-refractivity contribution in [3.05, 3.63) is 58.6 Å². The van der Waals surface area contributed by atoms with Gasteiger partial charge in [0.05, 0.1) is 11.0 Å². The lowest BCUT2D eigenvalue weighted by Gasteiger charge is -2.01. The average molecular weight is 272 g/mol. The van der Waals surface area contributed by atoms with Gasteiger partial charge in [0.15, 0.2) is 11.7 Å². The number of nitrogens with zero attached hydrogens (tertiary/aromatic N) is 1. The van der Waals surface area contributed by atoms with E-state index < -0.39 is 0 Å². The molecular weight excluding hydrogens is 262 g/mol. The Morgan fingerprint density at radius 3 is 2.53 bits per heavy atom. The summed E-state index contributed by atoms with van der Waals surface area (Å²) in [5.74, 6) is 0.270. The SMILES string of the molecule is Nc1nc2cc(C(=O)c3ccc(Cl)cc3)ccc2[nH]1. The summed E-state index contributed by atoms with van der Waals surface area (Å²) in [4.78, 5) is 19.3. The number of nitrogens with two attached hydrogens (primary N) is 1. The van der Waals surface area contributed by atoms with Crippen molar-refractivity contribution < 1.29 is 4.79 Å². The van der Waals surface area contributed by atoms with E-state index in [1.165, 1.54) is 0 Å². The monoisotopic (exact) mass is 271 g/mol. The van der Waals surface area contributed by atoms with E-state index in [4.69, 9.17) is 17.3 Å². The second kappa shape index (κ2) is 4.40. The molecule has 1 heterocycles. The second-order valence-corrected chi connectivity index (χ2v) is 4.63. The number of imidazole rings is 1. The van der Waals surface area contributed by atoms with E-state index >= 15 is 0 Å². The van der Waals surface area contributed by atoms with Crippen molar-refractivity contribution in [2.24, 2.45) is 0 Å². The van der Waals surface area contributed by atoms with Crippen LogP contribution in [0.2, 0.25) is 5.02 Å². The van der Waals surface area contributed by atoms with Gasteiger partial charge in [0.2, 0.25) is 0 Å². The van der Waals surface area contributed by atoms with Crippen LogP contribution in [0.15, 0.2) is 42.5 Å². The summed E-state index contributed by atoms with van der Waals surface area (Å²) in [5, 5.41) is 0.604. The van der Waals surface area contributed by atoms with Gasteiger partial charge in [0.25, 0.3) is 0 Å². The van der Waals surface area contributed by atoms with Crippen molar-refractivity contribution in [3.63, 3.8) is 0 Å². The molecule has 0 bridgehead atoms. The molecule has 0 fully saturated rings. The first kappa shape index (κ1) is 11.7. The van der Waals surface area contributed by atoms with Crippen LogP contribution >= 0.6 is 11.6 Å². The van der Waals surface area contributed by atoms with Crippen molar-refractivity contribution in [3.8, 4) is 0 Å². The number of carbonyl (C=O) groups is 1. The van der Waals surface area contributed by atoms with Gasteiger partial charge < -0.3 is 10.7 Å². The van der Waals surface area contributed by atoms with Crippen molar-refractivity contribution in [1.29, 1.82) is 0 Å². The number of hydrogen-bond donors (Lipinski definition) is 2. The molecule has 0 aliphatic rings. The van der Waals surface area contributed by atoms with Gasteiger partial charge in [-0.3, -0.25) is 4.79 Å². The van der Waals surface area contributed by atoms with Crippen LogP contribution in [0.5, 0.6) is 0 Å². The second-order valence-electron chi connectivity index (χ2n) is 4.19. The third-order valence-electron chi connectivity index (χ3n) is 2.87. The molecule has 0 aliphatic heterocycles. The van der Waals surface area contributed by atoms with Gasteiger partial charge >= 0.3 is 0 Å². The fourth-order valence-electron chi connectivity index (χ4n) is 1.93. The molecule has 0 atom stereocenters. The first-order valence-corrected chi connectivity index (χ1v) is 6.07. The number of benzene rings is 2. The molecule has 19 heavy (non-hydrogen) atoms. The maximum absolute atomic E-state index is 12.3. The van der Waals surface area contributed by atoms with Gasteiger partial charge in [-0.25, -0.2) is 4.98 Å². The molecule has 0 unspecified atom stereocenters. The Labute approximate surface area is 114 Å². The fourth-order valence-corrected chi connectivity index (χ4v) is 2.06. The Kier molecular flexibility index (Phi) is 2.72. The molecule has 3 N–H and O–H groups in total. The van der Waals surface area contributed by atoms with Crippen LogP contribution in [-0.4, -0.2) is 15.8 Å². The zero-order valence-corrected chi connectivity index (χ0v) is 10.6. The number of fused-ring (bicyclic) bond motifs is 1. The minimum absolute atomic E-state index is 0.0693. The predicted octanol–water partition coefficient (Wildman–Crippen LogP) is 3.03. The summed E-state index contributed by atoms with van der Waals surface area (Å²) in [6.45, 7) is 0. The first-order chi connectivity index (χ1) is 9.13. The van der Waals surface area contributed by atoms with Crippen molar-refractivity contribution in [1.82, 2.24) is 9.97 Å². The third-order valence-corrected chi connectivity index (χ3v) is 3.12. The summed E-state index contributed by atoms with van der Waals surface area (Å²) < 4.78 is 0. The van der Waals surface area contributed by atoms with E-state index in [0.717, 1.165) is 5.52 Å². The highest BCUT2D eigenvalue weighted by Crippen LogP contribution is 2.18. The molecule has 0 saturated carbocycles. The molecule has 0 aliphatic carbocycles. The Hall–Kier alpha value is -2.33. The molecule has 3 rings (SSSR count). The van der Waals surface area contributed by atoms with Crippen LogP contribution in [-0.2, 0) is 0 Å². The number of nitrogens with one attached hydrogen (secondary N) is 1. The van der Waals surface area contributed by atoms with Gasteiger partial charge in [0, 0.05) is 16.1 Å². The minimum Gasteiger partial charge on any atom is -0.369 e. The standard InChI is InChI=1S/C14H10ClN3O/c15-10-4-1-8(2-5-10)13(19)9-3-6-11-12(7-9)18-14(16)17-11/h1-7H,(H3,16,17,18). The van der Waals surface area contributed by atoms with Crippen molar-refractivity contribution in [2.45, 2.75) is 0 Å². The Morgan fingerprint density at radius 2 is 1.79 bits per heavy atom. The van der Waals surface area contributed by atoms with E-state index in [9.17, 15) is 4.79 Å². The van der Waals surface area contributed by atoms with Gasteiger partial charge in [-0.2, -0.15) is 0 Å². The molecule has 1 aromatic heterocycles. The number of hydrogen-bond acceptors (Lipinski definition) is 3. The van der Waals surface area contributed by atoms with Crippen LogP contribution in [0.3, 0.4) is 0 Å². The number of H-pyrrole nitrogens is 1. The minimum atomic E-state index is -0.0693. The molecule has 3 aromatic rings. The van der Waals surface area contributed by atoms with Crippen LogP contribution in [0, 0.1) is 0 Å². The molecule has 0 amide bonds. The highest BCUT2D eigenvalue weighted by molar-refractivity contribution is 6.30. The Morgan fingerprint density at radius 1 is 1.11 bits per heavy atom. The summed E-state index contributed by atoms with van der Waals surface area (Å²) in [5.41, 5.74) is 8.23. The number of halogens is 1. The van der Waals surface area contributed by atoms with E-state index in [2.05, 4.69) is 9.97 Å². The number of carbonyl (C=O) groups excluding carboxylic acids is 1. The molecular formula is C14H10ClN3O. The molecule has 2 aromatic carbocycles. The van der Waals surface area contributed by atoms with Gasteiger partial charge in [-0.15, -0.1) is 0 Å². The Bertz CT molecular complexity index is 762. The number of aromatic amines is 1. The number of aromatic nitrogens is 2. The van der Waals surface area contributed by atoms with E-state index in [1.807, 2.05) is 0 Å². The number of rotatable bonds is 2. The van der Waals surface area contributed by atoms with Crippen LogP contribution in [0.1, 0.15) is 15.9 Å². The molecule has 94 valence electrons. The molecule has 0 radical (unpaired) electrons. The summed E-state index contributed by atoms with van der Waals surface area (Å²) in [6.07, 6.45) is 0. The van der Waals surface area contributed by atoms with E-state index in [1.54, 1.807) is 42.5 Å². The van der Waals surface area contributed by atoms with Crippen LogP contribution < -0.4 is 5.73 Å². The largest absolute Gasteiger partial charge is 0.369 e. The lowest BCUT2D eigenvalue weighted by Crippen LogP contribution is -2.00. The highest BCUT2D eigenvalue weighted by Gasteiger charge is 2.10. The summed E-state index contributed by atoms with van der Waals surface area (Å²) in [7, 11) is 0. The first-order valence-electron chi connectivity index (χ1n) is 5.69. The van der Waals surface area contributed by atoms with Crippen molar-refractivity contribution >= 4 is 34.4 Å². The maximum atomic E-state index is 12.3. The van der Waals surface area contributed by atoms with E-state index in [-0.39, 0.29) is 5.78 Å². The molecule has 5 heteroatoms. The topological polar surface area (TPSA) is 71.8 Å². The molecule has 4 nitrogen and oxygen atoms in total. The summed E-state index contributed by atoms with van der Waals surface area (Å²) >= 11 is 5.80. The maximum Gasteiger partial charge on any atom is 0.198 e. The quantitative estimate of drug-likeness (QED) is 0.704.